The molecule has 28 heavy (non-hydrogen) atoms. The van der Waals surface area contributed by atoms with Gasteiger partial charge >= 0.3 is 5.97 Å². The number of hydrogen-bond acceptors (Lipinski definition) is 4. The van der Waals surface area contributed by atoms with Gasteiger partial charge in [-0.1, -0.05) is 31.0 Å². The first-order chi connectivity index (χ1) is 13.4. The summed E-state index contributed by atoms with van der Waals surface area (Å²) < 4.78 is 15.3. The molecule has 0 aliphatic heterocycles. The van der Waals surface area contributed by atoms with Gasteiger partial charge < -0.3 is 15.0 Å². The molecule has 0 saturated heterocycles. The average molecular weight is 403 g/mol. The second-order valence-corrected chi connectivity index (χ2v) is 7.60. The number of anilines is 2. The quantitative estimate of drug-likeness (QED) is 0.594. The summed E-state index contributed by atoms with van der Waals surface area (Å²) >= 11 is 6.38. The van der Waals surface area contributed by atoms with Crippen LogP contribution in [0.25, 0.3) is 11.0 Å². The molecule has 1 aliphatic carbocycles. The van der Waals surface area contributed by atoms with Crippen molar-refractivity contribution in [3.05, 3.63) is 47.5 Å². The normalized spacial score (nSPS) is 16.5. The number of fused-ring (bicyclic) bond motifs is 1. The Morgan fingerprint density at radius 1 is 1.46 bits per heavy atom. The highest BCUT2D eigenvalue weighted by molar-refractivity contribution is 6.35. The van der Waals surface area contributed by atoms with Crippen LogP contribution >= 0.6 is 11.6 Å². The molecule has 2 heterocycles. The Bertz CT molecular complexity index is 1050. The molecular weight excluding hydrogens is 383 g/mol. The molecule has 0 amide bonds. The monoisotopic (exact) mass is 402 g/mol. The van der Waals surface area contributed by atoms with Gasteiger partial charge in [-0.2, -0.15) is 4.98 Å². The van der Waals surface area contributed by atoms with Gasteiger partial charge in [-0.05, 0) is 37.5 Å². The molecule has 2 aromatic heterocycles. The third-order valence-electron chi connectivity index (χ3n) is 5.64. The molecule has 0 spiro atoms. The van der Waals surface area contributed by atoms with Crippen molar-refractivity contribution < 1.29 is 14.3 Å². The van der Waals surface area contributed by atoms with E-state index in [2.05, 4.69) is 15.3 Å². The van der Waals surface area contributed by atoms with E-state index < -0.39 is 11.4 Å². The zero-order chi connectivity index (χ0) is 19.9. The third-order valence-corrected chi connectivity index (χ3v) is 5.94. The highest BCUT2D eigenvalue weighted by Gasteiger charge is 2.51. The Morgan fingerprint density at radius 3 is 2.86 bits per heavy atom. The molecule has 1 unspecified atom stereocenters. The summed E-state index contributed by atoms with van der Waals surface area (Å²) in [6.07, 6.45) is 6.16. The van der Waals surface area contributed by atoms with Crippen LogP contribution in [0.3, 0.4) is 0 Å². The van der Waals surface area contributed by atoms with Crippen molar-refractivity contribution in [2.75, 3.05) is 5.32 Å². The van der Waals surface area contributed by atoms with Crippen LogP contribution in [0.1, 0.15) is 38.6 Å². The average Bonchev–Trinajstić information content (AvgIpc) is 2.93. The van der Waals surface area contributed by atoms with E-state index in [1.165, 1.54) is 12.1 Å². The van der Waals surface area contributed by atoms with Crippen molar-refractivity contribution in [1.29, 1.82) is 0 Å². The number of aliphatic carboxylic acids is 1. The zero-order valence-electron chi connectivity index (χ0n) is 15.3. The number of carbonyl (C=O) groups is 1. The summed E-state index contributed by atoms with van der Waals surface area (Å²) in [5.41, 5.74) is 0.292. The minimum absolute atomic E-state index is 0.259. The van der Waals surface area contributed by atoms with E-state index in [1.807, 2.05) is 11.5 Å². The van der Waals surface area contributed by atoms with Crippen molar-refractivity contribution in [2.45, 2.75) is 38.6 Å². The van der Waals surface area contributed by atoms with Gasteiger partial charge in [-0.15, -0.1) is 0 Å². The van der Waals surface area contributed by atoms with Crippen molar-refractivity contribution in [1.82, 2.24) is 14.5 Å². The van der Waals surface area contributed by atoms with Gasteiger partial charge in [0, 0.05) is 18.1 Å². The summed E-state index contributed by atoms with van der Waals surface area (Å²) in [6.45, 7) is 1.97. The second-order valence-electron chi connectivity index (χ2n) is 7.19. The fourth-order valence-electron chi connectivity index (χ4n) is 4.09. The first-order valence-electron chi connectivity index (χ1n) is 9.23. The van der Waals surface area contributed by atoms with Crippen LogP contribution in [-0.2, 0) is 4.79 Å². The van der Waals surface area contributed by atoms with E-state index >= 15 is 0 Å². The second kappa shape index (κ2) is 7.05. The first kappa shape index (κ1) is 18.7. The molecule has 146 valence electrons. The predicted octanol–water partition coefficient (Wildman–Crippen LogP) is 5.17. The SMILES string of the molecule is CCC(n1cc(Cl)c2cnc(Nc3cccc(F)c3)nc21)C1(C(=O)O)CCC1. The molecule has 4 rings (SSSR count). The number of benzene rings is 1. The largest absolute Gasteiger partial charge is 0.481 e. The van der Waals surface area contributed by atoms with Crippen LogP contribution in [0.5, 0.6) is 0 Å². The van der Waals surface area contributed by atoms with E-state index in [9.17, 15) is 14.3 Å². The van der Waals surface area contributed by atoms with Crippen LogP contribution < -0.4 is 5.32 Å². The predicted molar refractivity (Wildman–Crippen MR) is 105 cm³/mol. The number of aromatic nitrogens is 3. The standard InChI is InChI=1S/C20H20ClFN4O2/c1-2-16(20(18(27)28)7-4-8-20)26-11-15(21)14-10-23-19(25-17(14)26)24-13-6-3-5-12(22)9-13/h3,5-6,9-11,16H,2,4,7-8H2,1H3,(H,27,28)(H,23,24,25). The minimum Gasteiger partial charge on any atom is -0.481 e. The third kappa shape index (κ3) is 2.99. The molecule has 1 aliphatic rings. The van der Waals surface area contributed by atoms with E-state index in [0.29, 0.717) is 47.0 Å². The number of nitrogens with one attached hydrogen (secondary N) is 1. The fraction of sp³-hybridized carbons (Fsp3) is 0.350. The van der Waals surface area contributed by atoms with Crippen LogP contribution in [0.2, 0.25) is 5.02 Å². The lowest BCUT2D eigenvalue weighted by atomic mass is 9.63. The first-order valence-corrected chi connectivity index (χ1v) is 9.61. The van der Waals surface area contributed by atoms with Crippen LogP contribution in [0.15, 0.2) is 36.7 Å². The molecule has 0 radical (unpaired) electrons. The topological polar surface area (TPSA) is 80.0 Å². The maximum Gasteiger partial charge on any atom is 0.311 e. The molecule has 0 bridgehead atoms. The van der Waals surface area contributed by atoms with Gasteiger partial charge in [0.15, 0.2) is 0 Å². The van der Waals surface area contributed by atoms with Crippen molar-refractivity contribution >= 4 is 40.2 Å². The highest BCUT2D eigenvalue weighted by Crippen LogP contribution is 2.52. The number of carboxylic acid groups (broad SMARTS) is 1. The molecule has 1 fully saturated rings. The van der Waals surface area contributed by atoms with Crippen molar-refractivity contribution in [2.24, 2.45) is 5.41 Å². The summed E-state index contributed by atoms with van der Waals surface area (Å²) in [5.74, 6) is -0.852. The van der Waals surface area contributed by atoms with E-state index in [0.717, 1.165) is 6.42 Å². The van der Waals surface area contributed by atoms with E-state index in [-0.39, 0.29) is 11.9 Å². The molecule has 1 saturated carbocycles. The summed E-state index contributed by atoms with van der Waals surface area (Å²) in [5, 5.41) is 14.0. The Balaban J connectivity index is 1.77. The van der Waals surface area contributed by atoms with Crippen LogP contribution in [0.4, 0.5) is 16.0 Å². The Labute approximate surface area is 166 Å². The summed E-state index contributed by atoms with van der Waals surface area (Å²) in [7, 11) is 0. The number of carboxylic acids is 1. The molecule has 1 atom stereocenters. The van der Waals surface area contributed by atoms with Crippen LogP contribution in [0, 0.1) is 11.2 Å². The number of nitrogens with zero attached hydrogens (tertiary/aromatic N) is 3. The number of hydrogen-bond donors (Lipinski definition) is 2. The highest BCUT2D eigenvalue weighted by atomic mass is 35.5. The molecule has 2 N–H and O–H groups in total. The lowest BCUT2D eigenvalue weighted by Crippen LogP contribution is -2.45. The zero-order valence-corrected chi connectivity index (χ0v) is 16.1. The lowest BCUT2D eigenvalue weighted by molar-refractivity contribution is -0.159. The van der Waals surface area contributed by atoms with E-state index in [4.69, 9.17) is 11.6 Å². The number of rotatable bonds is 6. The Kier molecular flexibility index (Phi) is 4.71. The molecule has 6 nitrogen and oxygen atoms in total. The summed E-state index contributed by atoms with van der Waals surface area (Å²) in [6, 6.07) is 5.75. The van der Waals surface area contributed by atoms with E-state index in [1.54, 1.807) is 24.5 Å². The van der Waals surface area contributed by atoms with Crippen molar-refractivity contribution in [3.8, 4) is 0 Å². The molecular formula is C20H20ClFN4O2. The smallest absolute Gasteiger partial charge is 0.311 e. The molecule has 8 heteroatoms. The minimum atomic E-state index is -0.800. The maximum atomic E-state index is 13.4. The van der Waals surface area contributed by atoms with Gasteiger partial charge in [0.05, 0.1) is 21.9 Å². The van der Waals surface area contributed by atoms with Crippen LogP contribution in [-0.4, -0.2) is 25.6 Å². The van der Waals surface area contributed by atoms with Gasteiger partial charge in [-0.3, -0.25) is 4.79 Å². The Hall–Kier alpha value is -2.67. The van der Waals surface area contributed by atoms with Gasteiger partial charge in [0.25, 0.3) is 0 Å². The van der Waals surface area contributed by atoms with Gasteiger partial charge in [0.2, 0.25) is 5.95 Å². The Morgan fingerprint density at radius 2 is 2.25 bits per heavy atom. The molecule has 3 aromatic rings. The van der Waals surface area contributed by atoms with Crippen molar-refractivity contribution in [3.63, 3.8) is 0 Å². The number of halogens is 2. The maximum absolute atomic E-state index is 13.4. The fourth-order valence-corrected chi connectivity index (χ4v) is 4.32. The lowest BCUT2D eigenvalue weighted by Gasteiger charge is -2.44. The summed E-state index contributed by atoms with van der Waals surface area (Å²) in [4.78, 5) is 20.9. The molecule has 1 aromatic carbocycles. The van der Waals surface area contributed by atoms with Gasteiger partial charge in [-0.25, -0.2) is 9.37 Å². The van der Waals surface area contributed by atoms with Gasteiger partial charge in [0.1, 0.15) is 11.5 Å².